The first-order valence-corrected chi connectivity index (χ1v) is 7.88. The molecule has 0 bridgehead atoms. The number of ether oxygens (including phenoxy) is 1. The molecule has 1 saturated heterocycles. The van der Waals surface area contributed by atoms with Gasteiger partial charge in [0.05, 0.1) is 23.7 Å². The topological polar surface area (TPSA) is 43.4 Å². The molecular formula is C8H14Br2O3S. The highest BCUT2D eigenvalue weighted by atomic mass is 79.9. The molecule has 2 atom stereocenters. The maximum Gasteiger partial charge on any atom is 0.162 e. The maximum absolute atomic E-state index is 12.1. The Balaban J connectivity index is 2.98. The summed E-state index contributed by atoms with van der Waals surface area (Å²) in [5.41, 5.74) is 0. The summed E-state index contributed by atoms with van der Waals surface area (Å²) in [6.45, 7) is 4.29. The van der Waals surface area contributed by atoms with Crippen LogP contribution in [0, 0.1) is 0 Å². The fourth-order valence-electron chi connectivity index (χ4n) is 1.45. The van der Waals surface area contributed by atoms with Gasteiger partial charge >= 0.3 is 0 Å². The van der Waals surface area contributed by atoms with E-state index in [2.05, 4.69) is 31.9 Å². The SMILES string of the molecule is CC(C)(Br)[C@@H]1COC[C@@H](CBr)S1(=O)=O. The Morgan fingerprint density at radius 1 is 1.43 bits per heavy atom. The summed E-state index contributed by atoms with van der Waals surface area (Å²) in [7, 11) is -3.09. The molecule has 0 aromatic heterocycles. The van der Waals surface area contributed by atoms with Crippen molar-refractivity contribution in [1.29, 1.82) is 0 Å². The molecule has 0 N–H and O–H groups in total. The molecule has 0 saturated carbocycles. The Kier molecular flexibility index (Phi) is 4.06. The second-order valence-corrected chi connectivity index (χ2v) is 9.06. The van der Waals surface area contributed by atoms with E-state index in [0.717, 1.165) is 0 Å². The molecule has 1 fully saturated rings. The molecule has 1 heterocycles. The van der Waals surface area contributed by atoms with Gasteiger partial charge in [0.25, 0.3) is 0 Å². The lowest BCUT2D eigenvalue weighted by Gasteiger charge is -2.35. The first kappa shape index (κ1) is 12.9. The lowest BCUT2D eigenvalue weighted by atomic mass is 10.1. The van der Waals surface area contributed by atoms with Gasteiger partial charge in [0.2, 0.25) is 0 Å². The average molecular weight is 350 g/mol. The number of rotatable bonds is 2. The van der Waals surface area contributed by atoms with E-state index in [-0.39, 0.29) is 6.61 Å². The zero-order valence-corrected chi connectivity index (χ0v) is 12.2. The Bertz CT molecular complexity index is 294. The fraction of sp³-hybridized carbons (Fsp3) is 1.00. The minimum Gasteiger partial charge on any atom is -0.379 e. The molecule has 0 radical (unpaired) electrons. The van der Waals surface area contributed by atoms with E-state index in [1.54, 1.807) is 0 Å². The van der Waals surface area contributed by atoms with Gasteiger partial charge in [0.1, 0.15) is 0 Å². The van der Waals surface area contributed by atoms with E-state index in [1.807, 2.05) is 13.8 Å². The zero-order chi connectivity index (χ0) is 11.0. The number of alkyl halides is 2. The van der Waals surface area contributed by atoms with Gasteiger partial charge in [-0.1, -0.05) is 31.9 Å². The average Bonchev–Trinajstić information content (AvgIpc) is 2.00. The predicted octanol–water partition coefficient (Wildman–Crippen LogP) is 1.74. The Morgan fingerprint density at radius 2 is 2.00 bits per heavy atom. The van der Waals surface area contributed by atoms with Gasteiger partial charge in [-0.05, 0) is 13.8 Å². The summed E-state index contributed by atoms with van der Waals surface area (Å²) in [6.07, 6.45) is 0. The molecule has 0 aromatic carbocycles. The predicted molar refractivity (Wildman–Crippen MR) is 64.1 cm³/mol. The van der Waals surface area contributed by atoms with Gasteiger partial charge in [-0.2, -0.15) is 0 Å². The fourth-order valence-corrected chi connectivity index (χ4v) is 5.65. The van der Waals surface area contributed by atoms with E-state index in [1.165, 1.54) is 0 Å². The maximum atomic E-state index is 12.1. The monoisotopic (exact) mass is 348 g/mol. The van der Waals surface area contributed by atoms with Gasteiger partial charge < -0.3 is 4.74 Å². The molecule has 0 spiro atoms. The molecule has 0 aliphatic carbocycles. The Labute approximate surface area is 102 Å². The summed E-state index contributed by atoms with van der Waals surface area (Å²) in [6, 6.07) is 0. The smallest absolute Gasteiger partial charge is 0.162 e. The van der Waals surface area contributed by atoms with Gasteiger partial charge in [-0.25, -0.2) is 8.42 Å². The van der Waals surface area contributed by atoms with E-state index in [4.69, 9.17) is 4.74 Å². The van der Waals surface area contributed by atoms with Crippen LogP contribution in [0.3, 0.4) is 0 Å². The van der Waals surface area contributed by atoms with Crippen molar-refractivity contribution in [2.45, 2.75) is 28.7 Å². The highest BCUT2D eigenvalue weighted by Gasteiger charge is 2.45. The van der Waals surface area contributed by atoms with Gasteiger partial charge in [-0.3, -0.25) is 0 Å². The molecule has 0 aromatic rings. The van der Waals surface area contributed by atoms with E-state index < -0.39 is 24.7 Å². The molecule has 0 amide bonds. The summed E-state index contributed by atoms with van der Waals surface area (Å²) in [5, 5.41) is -0.445. The molecule has 1 aliphatic rings. The van der Waals surface area contributed by atoms with Crippen LogP contribution in [-0.2, 0) is 14.6 Å². The van der Waals surface area contributed by atoms with Crippen molar-refractivity contribution < 1.29 is 13.2 Å². The molecule has 84 valence electrons. The van der Waals surface area contributed by atoms with Crippen LogP contribution in [0.2, 0.25) is 0 Å². The first-order chi connectivity index (χ1) is 6.30. The lowest BCUT2D eigenvalue weighted by molar-refractivity contribution is 0.118. The Hall–Kier alpha value is 0.870. The minimum atomic E-state index is -3.09. The molecule has 1 aliphatic heterocycles. The van der Waals surface area contributed by atoms with Crippen LogP contribution >= 0.6 is 31.9 Å². The molecule has 0 unspecified atom stereocenters. The van der Waals surface area contributed by atoms with Crippen LogP contribution in [-0.4, -0.2) is 41.8 Å². The number of hydrogen-bond donors (Lipinski definition) is 0. The molecule has 3 nitrogen and oxygen atoms in total. The normalized spacial score (nSPS) is 32.9. The van der Waals surface area contributed by atoms with Crippen LogP contribution in [0.1, 0.15) is 13.8 Å². The van der Waals surface area contributed by atoms with E-state index in [0.29, 0.717) is 11.9 Å². The second kappa shape index (κ2) is 4.39. The van der Waals surface area contributed by atoms with Gasteiger partial charge in [0, 0.05) is 9.65 Å². The molecule has 6 heteroatoms. The summed E-state index contributed by atoms with van der Waals surface area (Å²) in [4.78, 5) is 0. The standard InChI is InChI=1S/C8H14Br2O3S/c1-8(2,10)7-5-13-4-6(3-9)14(7,11)12/h6-7H,3-5H2,1-2H3/t6-,7+/m1/s1. The first-order valence-electron chi connectivity index (χ1n) is 4.35. The highest BCUT2D eigenvalue weighted by Crippen LogP contribution is 2.32. The Morgan fingerprint density at radius 3 is 2.43 bits per heavy atom. The second-order valence-electron chi connectivity index (χ2n) is 3.96. The number of hydrogen-bond acceptors (Lipinski definition) is 3. The summed E-state index contributed by atoms with van der Waals surface area (Å²) < 4.78 is 29.0. The van der Waals surface area contributed by atoms with Crippen molar-refractivity contribution in [2.24, 2.45) is 0 Å². The molecule has 14 heavy (non-hydrogen) atoms. The van der Waals surface area contributed by atoms with Crippen LogP contribution in [0.15, 0.2) is 0 Å². The van der Waals surface area contributed by atoms with Crippen molar-refractivity contribution in [3.05, 3.63) is 0 Å². The third-order valence-corrected chi connectivity index (χ3v) is 7.19. The summed E-state index contributed by atoms with van der Waals surface area (Å²) >= 11 is 6.60. The zero-order valence-electron chi connectivity index (χ0n) is 8.16. The van der Waals surface area contributed by atoms with Crippen molar-refractivity contribution in [1.82, 2.24) is 0 Å². The van der Waals surface area contributed by atoms with Crippen molar-refractivity contribution in [2.75, 3.05) is 18.5 Å². The molecule has 1 rings (SSSR count). The van der Waals surface area contributed by atoms with Crippen molar-refractivity contribution in [3.8, 4) is 0 Å². The van der Waals surface area contributed by atoms with Crippen molar-refractivity contribution >= 4 is 41.7 Å². The highest BCUT2D eigenvalue weighted by molar-refractivity contribution is 9.10. The van der Waals surface area contributed by atoms with Crippen molar-refractivity contribution in [3.63, 3.8) is 0 Å². The quantitative estimate of drug-likeness (QED) is 0.713. The number of sulfone groups is 1. The minimum absolute atomic E-state index is 0.282. The van der Waals surface area contributed by atoms with Crippen LogP contribution in [0.4, 0.5) is 0 Å². The third-order valence-electron chi connectivity index (χ3n) is 2.37. The van der Waals surface area contributed by atoms with Crippen LogP contribution in [0.25, 0.3) is 0 Å². The van der Waals surface area contributed by atoms with Gasteiger partial charge in [0.15, 0.2) is 9.84 Å². The summed E-state index contributed by atoms with van der Waals surface area (Å²) in [5.74, 6) is 0. The van der Waals surface area contributed by atoms with Crippen LogP contribution in [0.5, 0.6) is 0 Å². The number of halogens is 2. The molecular weight excluding hydrogens is 336 g/mol. The lowest BCUT2D eigenvalue weighted by Crippen LogP contribution is -2.51. The van der Waals surface area contributed by atoms with Gasteiger partial charge in [-0.15, -0.1) is 0 Å². The van der Waals surface area contributed by atoms with Crippen LogP contribution < -0.4 is 0 Å². The van der Waals surface area contributed by atoms with E-state index in [9.17, 15) is 8.42 Å². The largest absolute Gasteiger partial charge is 0.379 e. The van der Waals surface area contributed by atoms with E-state index >= 15 is 0 Å². The third kappa shape index (κ3) is 2.51.